The Morgan fingerprint density at radius 1 is 0.286 bits per heavy atom. The number of hydrogen-bond donors (Lipinski definition) is 2. The van der Waals surface area contributed by atoms with Crippen LogP contribution < -0.4 is 0 Å². The van der Waals surface area contributed by atoms with E-state index in [1.165, 1.54) is 0 Å². The van der Waals surface area contributed by atoms with Gasteiger partial charge < -0.3 is 9.97 Å². The molecular formula is C68H66N16. The lowest BCUT2D eigenvalue weighted by Gasteiger charge is -2.14. The first-order valence-electron chi connectivity index (χ1n) is 28.4. The van der Waals surface area contributed by atoms with Crippen LogP contribution in [0, 0.1) is 0 Å². The highest BCUT2D eigenvalue weighted by Crippen LogP contribution is 2.43. The third-order valence-electron chi connectivity index (χ3n) is 15.5. The van der Waals surface area contributed by atoms with Gasteiger partial charge in [-0.1, -0.05) is 177 Å². The van der Waals surface area contributed by atoms with Crippen LogP contribution >= 0.6 is 0 Å². The number of aromatic amines is 2. The molecular weight excluding hydrogens is 1040 g/mol. The molecule has 2 aliphatic heterocycles. The molecule has 2 aliphatic rings. The molecule has 13 rings (SSSR count). The van der Waals surface area contributed by atoms with Crippen molar-refractivity contribution in [2.45, 2.75) is 105 Å². The van der Waals surface area contributed by atoms with Crippen molar-refractivity contribution < 1.29 is 0 Å². The van der Waals surface area contributed by atoms with Crippen molar-refractivity contribution in [3.05, 3.63) is 192 Å². The quantitative estimate of drug-likeness (QED) is 0.149. The van der Waals surface area contributed by atoms with Gasteiger partial charge in [-0.2, -0.15) is 0 Å². The number of H-pyrrole nitrogens is 2. The van der Waals surface area contributed by atoms with Crippen LogP contribution in [-0.4, -0.2) is 79.9 Å². The van der Waals surface area contributed by atoms with Gasteiger partial charge in [0.25, 0.3) is 0 Å². The second-order valence-corrected chi connectivity index (χ2v) is 25.8. The summed E-state index contributed by atoms with van der Waals surface area (Å²) in [5.74, 6) is 0. The monoisotopic (exact) mass is 1110 g/mol. The minimum absolute atomic E-state index is 0.230. The van der Waals surface area contributed by atoms with Crippen LogP contribution in [0.15, 0.2) is 146 Å². The number of aromatic nitrogens is 16. The molecule has 0 unspecified atom stereocenters. The number of nitrogens with one attached hydrogen (secondary N) is 2. The molecule has 2 N–H and O–H groups in total. The topological polar surface area (TPSA) is 180 Å². The molecule has 0 amide bonds. The molecule has 84 heavy (non-hydrogen) atoms. The maximum Gasteiger partial charge on any atom is 0.0885 e. The van der Waals surface area contributed by atoms with Crippen molar-refractivity contribution in [2.75, 3.05) is 0 Å². The normalized spacial score (nSPS) is 12.9. The second kappa shape index (κ2) is 19.9. The highest BCUT2D eigenvalue weighted by Gasteiger charge is 2.28. The van der Waals surface area contributed by atoms with E-state index >= 15 is 0 Å². The Morgan fingerprint density at radius 2 is 0.500 bits per heavy atom. The van der Waals surface area contributed by atoms with Gasteiger partial charge in [-0.25, -0.2) is 28.7 Å². The van der Waals surface area contributed by atoms with Crippen molar-refractivity contribution in [3.8, 4) is 67.3 Å². The Kier molecular flexibility index (Phi) is 12.6. The van der Waals surface area contributed by atoms with Crippen LogP contribution in [-0.2, 0) is 21.7 Å². The number of hydrogen-bond acceptors (Lipinski definition) is 10. The van der Waals surface area contributed by atoms with Gasteiger partial charge in [-0.05, 0) is 72.8 Å². The number of nitrogens with zero attached hydrogens (tertiary/aromatic N) is 14. The number of rotatable bonds is 8. The maximum absolute atomic E-state index is 5.73. The lowest BCUT2D eigenvalue weighted by atomic mass is 9.93. The van der Waals surface area contributed by atoms with Gasteiger partial charge in [0, 0.05) is 88.2 Å². The van der Waals surface area contributed by atoms with Gasteiger partial charge >= 0.3 is 0 Å². The first kappa shape index (κ1) is 53.4. The van der Waals surface area contributed by atoms with Crippen LogP contribution in [0.3, 0.4) is 0 Å². The molecule has 16 heteroatoms. The molecule has 0 spiro atoms. The zero-order valence-corrected chi connectivity index (χ0v) is 49.4. The Labute approximate surface area is 487 Å². The molecule has 0 saturated heterocycles. The number of benzene rings is 4. The second-order valence-electron chi connectivity index (χ2n) is 25.8. The molecule has 418 valence electrons. The largest absolute Gasteiger partial charge is 0.354 e. The highest BCUT2D eigenvalue weighted by molar-refractivity contribution is 6.02. The van der Waals surface area contributed by atoms with E-state index in [4.69, 9.17) is 30.8 Å². The lowest BCUT2D eigenvalue weighted by Crippen LogP contribution is -2.11. The van der Waals surface area contributed by atoms with Crippen molar-refractivity contribution >= 4 is 46.4 Å². The van der Waals surface area contributed by atoms with Crippen LogP contribution in [0.4, 0.5) is 0 Å². The van der Waals surface area contributed by atoms with Crippen LogP contribution in [0.25, 0.3) is 114 Å². The number of para-hydroxylation sites is 4. The predicted octanol–water partition coefficient (Wildman–Crippen LogP) is 14.8. The molecule has 11 aromatic rings. The lowest BCUT2D eigenvalue weighted by molar-refractivity contribution is 0.566. The van der Waals surface area contributed by atoms with Crippen molar-refractivity contribution in [1.82, 2.24) is 79.9 Å². The fraction of sp³-hybridized carbons (Fsp3) is 0.235. The summed E-state index contributed by atoms with van der Waals surface area (Å²) >= 11 is 0. The van der Waals surface area contributed by atoms with Gasteiger partial charge in [0.15, 0.2) is 0 Å². The van der Waals surface area contributed by atoms with Crippen LogP contribution in [0.5, 0.6) is 0 Å². The van der Waals surface area contributed by atoms with E-state index in [0.29, 0.717) is 0 Å². The van der Waals surface area contributed by atoms with Gasteiger partial charge in [0.05, 0.1) is 93.1 Å². The summed E-state index contributed by atoms with van der Waals surface area (Å²) in [7, 11) is 0. The van der Waals surface area contributed by atoms with Gasteiger partial charge in [-0.3, -0.25) is 0 Å². The number of fused-ring (bicyclic) bond motifs is 8. The standard InChI is InChI=1S/C68H66N16/c1-65(2,3)57-37-81(77-73-57)53-25-17-13-21-41(53)61-45-29-31-47(69-45)62(42-22-14-18-26-54(42)82-38-58(74-78-82)66(4,5)6)49-33-35-51(71-49)64(44-24-16-20-28-56(44)84-40-60(76-80-84)68(10,11)12)52-36-34-50(72-52)63(48-32-30-46(61)70-48)43-23-15-19-27-55(43)83-39-59(75-79-83)67(7,8)9/h13-40,69,72H,1-12H3. The predicted molar refractivity (Wildman–Crippen MR) is 335 cm³/mol. The van der Waals surface area contributed by atoms with E-state index in [1.54, 1.807) is 0 Å². The molecule has 9 heterocycles. The summed E-state index contributed by atoms with van der Waals surface area (Å²) in [6, 6.07) is 41.8. The Balaban J connectivity index is 1.18. The summed E-state index contributed by atoms with van der Waals surface area (Å²) in [6.45, 7) is 25.8. The molecule has 0 fully saturated rings. The molecule has 16 nitrogen and oxygen atoms in total. The van der Waals surface area contributed by atoms with Gasteiger partial charge in [0.2, 0.25) is 0 Å². The fourth-order valence-corrected chi connectivity index (χ4v) is 10.8. The summed E-state index contributed by atoms with van der Waals surface area (Å²) < 4.78 is 7.50. The van der Waals surface area contributed by atoms with E-state index in [1.807, 2.05) is 67.8 Å². The minimum atomic E-state index is -0.230. The molecule has 4 aromatic carbocycles. The summed E-state index contributed by atoms with van der Waals surface area (Å²) in [6.07, 6.45) is 16.5. The zero-order valence-electron chi connectivity index (χ0n) is 49.4. The summed E-state index contributed by atoms with van der Waals surface area (Å²) in [5, 5.41) is 37.7. The van der Waals surface area contributed by atoms with E-state index < -0.39 is 0 Å². The Bertz CT molecular complexity index is 4040. The third kappa shape index (κ3) is 9.66. The smallest absolute Gasteiger partial charge is 0.0885 e. The van der Waals surface area contributed by atoms with E-state index in [2.05, 4.69) is 235 Å². The zero-order chi connectivity index (χ0) is 58.5. The minimum Gasteiger partial charge on any atom is -0.354 e. The van der Waals surface area contributed by atoms with Gasteiger partial charge in [-0.15, -0.1) is 20.4 Å². The summed E-state index contributed by atoms with van der Waals surface area (Å²) in [5.41, 5.74) is 19.3. The molecule has 0 atom stereocenters. The van der Waals surface area contributed by atoms with Crippen molar-refractivity contribution in [2.24, 2.45) is 0 Å². The Morgan fingerprint density at radius 3 is 0.702 bits per heavy atom. The Hall–Kier alpha value is -9.96. The van der Waals surface area contributed by atoms with Crippen molar-refractivity contribution in [3.63, 3.8) is 0 Å². The molecule has 7 aromatic heterocycles. The third-order valence-corrected chi connectivity index (χ3v) is 15.5. The molecule has 0 radical (unpaired) electrons. The van der Waals surface area contributed by atoms with Crippen LogP contribution in [0.2, 0.25) is 0 Å². The molecule has 0 saturated carbocycles. The van der Waals surface area contributed by atoms with E-state index in [0.717, 1.165) is 135 Å². The van der Waals surface area contributed by atoms with E-state index in [9.17, 15) is 0 Å². The fourth-order valence-electron chi connectivity index (χ4n) is 10.8. The maximum atomic E-state index is 5.73. The SMILES string of the molecule is CC(C)(C)c1cn(-c2ccccc2-c2c3nc(c(-c4ccccc4-n4cc(C(C)(C)C)nn4)c4ccc([nH]4)c(-c4ccccc4-n4cc(C(C)(C)C)nn4)c4nc(c(-c5ccccc5-n5cc(C(C)(C)C)nn5)c5ccc2[nH]5)C=C4)C=C3)nn1. The first-order valence-corrected chi connectivity index (χ1v) is 28.4. The highest BCUT2D eigenvalue weighted by atomic mass is 15.4. The average molecular weight is 1110 g/mol. The van der Waals surface area contributed by atoms with Crippen molar-refractivity contribution in [1.29, 1.82) is 0 Å². The van der Waals surface area contributed by atoms with Crippen LogP contribution in [0.1, 0.15) is 129 Å². The summed E-state index contributed by atoms with van der Waals surface area (Å²) in [4.78, 5) is 19.4. The first-order chi connectivity index (χ1) is 40.2. The molecule has 8 bridgehead atoms. The average Bonchev–Trinajstić information content (AvgIpc) is 2.19. The molecule has 0 aliphatic carbocycles. The van der Waals surface area contributed by atoms with E-state index in [-0.39, 0.29) is 21.7 Å². The van der Waals surface area contributed by atoms with Gasteiger partial charge in [0.1, 0.15) is 0 Å².